The molecule has 1 N–H and O–H groups in total. The molecule has 1 aliphatic carbocycles. The number of nitrogens with one attached hydrogen (secondary N) is 1. The third kappa shape index (κ3) is 1.12. The zero-order chi connectivity index (χ0) is 8.89. The van der Waals surface area contributed by atoms with E-state index in [0.29, 0.717) is 6.04 Å². The zero-order valence-corrected chi connectivity index (χ0v) is 7.58. The van der Waals surface area contributed by atoms with Crippen LogP contribution in [0.1, 0.15) is 19.3 Å². The van der Waals surface area contributed by atoms with E-state index >= 15 is 0 Å². The van der Waals surface area contributed by atoms with Gasteiger partial charge in [-0.15, -0.1) is 0 Å². The molecule has 1 atom stereocenters. The minimum absolute atomic E-state index is 0.0915. The number of hydrogen-bond donors (Lipinski definition) is 1. The Hall–Kier alpha value is -0.770. The van der Waals surface area contributed by atoms with Gasteiger partial charge in [-0.05, 0) is 19.4 Å². The van der Waals surface area contributed by atoms with Gasteiger partial charge in [0.1, 0.15) is 5.60 Å². The lowest BCUT2D eigenvalue weighted by atomic mass is 10.0. The Morgan fingerprint density at radius 3 is 3.00 bits per heavy atom. The average Bonchev–Trinajstić information content (AvgIpc) is 2.78. The van der Waals surface area contributed by atoms with E-state index < -0.39 is 0 Å². The zero-order valence-electron chi connectivity index (χ0n) is 7.58. The predicted octanol–water partition coefficient (Wildman–Crippen LogP) is 0.333. The first-order chi connectivity index (χ1) is 6.29. The van der Waals surface area contributed by atoms with Crippen molar-refractivity contribution in [2.75, 3.05) is 19.6 Å². The molecule has 1 saturated carbocycles. The third-order valence-corrected chi connectivity index (χ3v) is 3.19. The number of carbonyl (C=O) groups is 1. The Morgan fingerprint density at radius 2 is 2.38 bits per heavy atom. The number of ether oxygens (including phenoxy) is 1. The molecule has 72 valence electrons. The van der Waals surface area contributed by atoms with Crippen molar-refractivity contribution in [3.8, 4) is 0 Å². The SMILES string of the molecule is O=C1O[C@]2(CCNC2)CN1C1CC1. The van der Waals surface area contributed by atoms with E-state index in [1.54, 1.807) is 0 Å². The average molecular weight is 182 g/mol. The van der Waals surface area contributed by atoms with E-state index in [0.717, 1.165) is 26.1 Å². The molecule has 0 radical (unpaired) electrons. The topological polar surface area (TPSA) is 41.6 Å². The first-order valence-electron chi connectivity index (χ1n) is 4.99. The van der Waals surface area contributed by atoms with Gasteiger partial charge in [-0.1, -0.05) is 0 Å². The van der Waals surface area contributed by atoms with E-state index in [4.69, 9.17) is 4.74 Å². The summed E-state index contributed by atoms with van der Waals surface area (Å²) in [7, 11) is 0. The van der Waals surface area contributed by atoms with Crippen molar-refractivity contribution in [1.29, 1.82) is 0 Å². The molecular weight excluding hydrogens is 168 g/mol. The van der Waals surface area contributed by atoms with E-state index in [1.165, 1.54) is 12.8 Å². The first-order valence-corrected chi connectivity index (χ1v) is 4.99. The van der Waals surface area contributed by atoms with E-state index in [-0.39, 0.29) is 11.7 Å². The molecule has 0 aromatic carbocycles. The molecule has 2 heterocycles. The normalized spacial score (nSPS) is 38.8. The molecular formula is C9H14N2O2. The van der Waals surface area contributed by atoms with Crippen LogP contribution in [0.2, 0.25) is 0 Å². The van der Waals surface area contributed by atoms with Crippen LogP contribution in [-0.4, -0.2) is 42.3 Å². The van der Waals surface area contributed by atoms with Gasteiger partial charge in [0.05, 0.1) is 6.54 Å². The summed E-state index contributed by atoms with van der Waals surface area (Å²) in [6, 6.07) is 0.493. The quantitative estimate of drug-likeness (QED) is 0.635. The molecule has 13 heavy (non-hydrogen) atoms. The fourth-order valence-corrected chi connectivity index (χ4v) is 2.26. The lowest BCUT2D eigenvalue weighted by molar-refractivity contribution is 0.0727. The fraction of sp³-hybridized carbons (Fsp3) is 0.889. The summed E-state index contributed by atoms with van der Waals surface area (Å²) in [5.41, 5.74) is -0.181. The molecule has 0 aromatic heterocycles. The maximum absolute atomic E-state index is 11.5. The van der Waals surface area contributed by atoms with E-state index in [1.807, 2.05) is 4.90 Å². The Labute approximate surface area is 77.2 Å². The van der Waals surface area contributed by atoms with Crippen molar-refractivity contribution in [3.05, 3.63) is 0 Å². The van der Waals surface area contributed by atoms with Gasteiger partial charge in [-0.2, -0.15) is 0 Å². The Balaban J connectivity index is 1.77. The minimum Gasteiger partial charge on any atom is -0.439 e. The summed E-state index contributed by atoms with van der Waals surface area (Å²) in [6.45, 7) is 2.62. The van der Waals surface area contributed by atoms with Crippen molar-refractivity contribution >= 4 is 6.09 Å². The minimum atomic E-state index is -0.181. The van der Waals surface area contributed by atoms with E-state index in [2.05, 4.69) is 5.32 Å². The second-order valence-corrected chi connectivity index (χ2v) is 4.34. The van der Waals surface area contributed by atoms with Crippen molar-refractivity contribution in [1.82, 2.24) is 10.2 Å². The molecule has 0 unspecified atom stereocenters. The van der Waals surface area contributed by atoms with Crippen LogP contribution < -0.4 is 5.32 Å². The smallest absolute Gasteiger partial charge is 0.410 e. The van der Waals surface area contributed by atoms with Crippen molar-refractivity contribution in [2.45, 2.75) is 30.9 Å². The number of carbonyl (C=O) groups excluding carboxylic acids is 1. The maximum Gasteiger partial charge on any atom is 0.410 e. The van der Waals surface area contributed by atoms with Crippen LogP contribution in [0.3, 0.4) is 0 Å². The number of hydrogen-bond acceptors (Lipinski definition) is 3. The van der Waals surface area contributed by atoms with Crippen molar-refractivity contribution < 1.29 is 9.53 Å². The van der Waals surface area contributed by atoms with Gasteiger partial charge in [-0.25, -0.2) is 4.79 Å². The molecule has 3 fully saturated rings. The highest BCUT2D eigenvalue weighted by atomic mass is 16.6. The molecule has 0 bridgehead atoms. The lowest BCUT2D eigenvalue weighted by Crippen LogP contribution is -2.37. The molecule has 1 amide bonds. The van der Waals surface area contributed by atoms with Crippen LogP contribution in [0.5, 0.6) is 0 Å². The second-order valence-electron chi connectivity index (χ2n) is 4.34. The van der Waals surface area contributed by atoms with Gasteiger partial charge in [0, 0.05) is 19.0 Å². The van der Waals surface area contributed by atoms with Crippen LogP contribution in [-0.2, 0) is 4.74 Å². The monoisotopic (exact) mass is 182 g/mol. The van der Waals surface area contributed by atoms with Gasteiger partial charge in [0.2, 0.25) is 0 Å². The number of amides is 1. The molecule has 0 aromatic rings. The fourth-order valence-electron chi connectivity index (χ4n) is 2.26. The summed E-state index contributed by atoms with van der Waals surface area (Å²) < 4.78 is 5.45. The largest absolute Gasteiger partial charge is 0.439 e. The van der Waals surface area contributed by atoms with Crippen LogP contribution in [0.25, 0.3) is 0 Å². The summed E-state index contributed by atoms with van der Waals surface area (Å²) in [5.74, 6) is 0. The van der Waals surface area contributed by atoms with Crippen molar-refractivity contribution in [2.24, 2.45) is 0 Å². The van der Waals surface area contributed by atoms with Crippen LogP contribution >= 0.6 is 0 Å². The van der Waals surface area contributed by atoms with Gasteiger partial charge in [-0.3, -0.25) is 0 Å². The molecule has 1 spiro atoms. The summed E-state index contributed by atoms with van der Waals surface area (Å²) >= 11 is 0. The Kier molecular flexibility index (Phi) is 1.39. The summed E-state index contributed by atoms with van der Waals surface area (Å²) in [5, 5.41) is 3.25. The lowest BCUT2D eigenvalue weighted by Gasteiger charge is -2.18. The molecule has 4 nitrogen and oxygen atoms in total. The standard InChI is InChI=1S/C9H14N2O2/c12-8-11(7-1-2-7)6-9(13-8)3-4-10-5-9/h7,10H,1-6H2/t9-/m0/s1. The first kappa shape index (κ1) is 7.62. The van der Waals surface area contributed by atoms with E-state index in [9.17, 15) is 4.79 Å². The van der Waals surface area contributed by atoms with Crippen LogP contribution in [0.15, 0.2) is 0 Å². The van der Waals surface area contributed by atoms with Gasteiger partial charge >= 0.3 is 6.09 Å². The molecule has 2 saturated heterocycles. The predicted molar refractivity (Wildman–Crippen MR) is 46.4 cm³/mol. The summed E-state index contributed by atoms with van der Waals surface area (Å²) in [4.78, 5) is 13.4. The highest BCUT2D eigenvalue weighted by Crippen LogP contribution is 2.36. The van der Waals surface area contributed by atoms with Gasteiger partial charge < -0.3 is 15.0 Å². The third-order valence-electron chi connectivity index (χ3n) is 3.19. The van der Waals surface area contributed by atoms with Crippen LogP contribution in [0, 0.1) is 0 Å². The maximum atomic E-state index is 11.5. The Bertz CT molecular complexity index is 244. The molecule has 2 aliphatic heterocycles. The molecule has 3 aliphatic rings. The molecule has 3 rings (SSSR count). The van der Waals surface area contributed by atoms with Crippen molar-refractivity contribution in [3.63, 3.8) is 0 Å². The molecule has 4 heteroatoms. The highest BCUT2D eigenvalue weighted by molar-refractivity contribution is 5.71. The highest BCUT2D eigenvalue weighted by Gasteiger charge is 2.50. The number of nitrogens with zero attached hydrogens (tertiary/aromatic N) is 1. The summed E-state index contributed by atoms with van der Waals surface area (Å²) in [6.07, 6.45) is 3.21. The Morgan fingerprint density at radius 1 is 1.54 bits per heavy atom. The second kappa shape index (κ2) is 2.38. The van der Waals surface area contributed by atoms with Gasteiger partial charge in [0.15, 0.2) is 0 Å². The number of rotatable bonds is 1. The van der Waals surface area contributed by atoms with Crippen LogP contribution in [0.4, 0.5) is 4.79 Å². The van der Waals surface area contributed by atoms with Gasteiger partial charge in [0.25, 0.3) is 0 Å².